The van der Waals surface area contributed by atoms with Crippen molar-refractivity contribution in [1.29, 1.82) is 0 Å². The third-order valence-electron chi connectivity index (χ3n) is 4.15. The topological polar surface area (TPSA) is 42.0 Å². The standard InChI is InChI=1S/C22H20Cl2N2OS2/c1-3-29-18-9-6-15(25-13-18)12-21(27)26-16-10-19(23)22(20(24)11-16)14-4-7-17(28-2)8-5-14/h4-11,13H,3,12H2,1-2H3,(H,26,27). The van der Waals surface area contributed by atoms with Gasteiger partial charge in [-0.05, 0) is 54.0 Å². The van der Waals surface area contributed by atoms with Gasteiger partial charge in [0.2, 0.25) is 5.91 Å². The van der Waals surface area contributed by atoms with Crippen LogP contribution in [-0.2, 0) is 11.2 Å². The molecule has 0 aliphatic carbocycles. The molecule has 0 atom stereocenters. The lowest BCUT2D eigenvalue weighted by Crippen LogP contribution is -2.15. The number of thioether (sulfide) groups is 2. The highest BCUT2D eigenvalue weighted by Crippen LogP contribution is 2.38. The van der Waals surface area contributed by atoms with E-state index in [2.05, 4.69) is 17.2 Å². The molecule has 29 heavy (non-hydrogen) atoms. The Morgan fingerprint density at radius 3 is 2.24 bits per heavy atom. The maximum Gasteiger partial charge on any atom is 0.230 e. The number of pyridine rings is 1. The third kappa shape index (κ3) is 5.92. The molecule has 1 aromatic heterocycles. The quantitative estimate of drug-likeness (QED) is 0.381. The van der Waals surface area contributed by atoms with Crippen molar-refractivity contribution in [3.63, 3.8) is 0 Å². The van der Waals surface area contributed by atoms with E-state index in [1.807, 2.05) is 42.7 Å². The Kier molecular flexibility index (Phi) is 7.90. The van der Waals surface area contributed by atoms with Crippen molar-refractivity contribution >= 4 is 58.3 Å². The first-order valence-electron chi connectivity index (χ1n) is 9.01. The molecule has 0 aliphatic rings. The third-order valence-corrected chi connectivity index (χ3v) is 6.36. The Labute approximate surface area is 189 Å². The highest BCUT2D eigenvalue weighted by molar-refractivity contribution is 7.99. The molecule has 0 aliphatic heterocycles. The Morgan fingerprint density at radius 1 is 1.03 bits per heavy atom. The van der Waals surface area contributed by atoms with Gasteiger partial charge < -0.3 is 5.32 Å². The van der Waals surface area contributed by atoms with E-state index in [1.54, 1.807) is 41.9 Å². The summed E-state index contributed by atoms with van der Waals surface area (Å²) in [4.78, 5) is 19.0. The average molecular weight is 463 g/mol. The van der Waals surface area contributed by atoms with Gasteiger partial charge in [0.15, 0.2) is 0 Å². The summed E-state index contributed by atoms with van der Waals surface area (Å²) >= 11 is 16.3. The van der Waals surface area contributed by atoms with E-state index < -0.39 is 0 Å². The summed E-state index contributed by atoms with van der Waals surface area (Å²) in [6.07, 6.45) is 4.01. The summed E-state index contributed by atoms with van der Waals surface area (Å²) in [5, 5.41) is 3.83. The smallest absolute Gasteiger partial charge is 0.230 e. The van der Waals surface area contributed by atoms with Crippen molar-refractivity contribution in [3.05, 3.63) is 70.5 Å². The normalized spacial score (nSPS) is 10.8. The Morgan fingerprint density at radius 2 is 1.69 bits per heavy atom. The summed E-state index contributed by atoms with van der Waals surface area (Å²) in [6.45, 7) is 2.09. The van der Waals surface area contributed by atoms with Gasteiger partial charge in [-0.25, -0.2) is 0 Å². The first-order valence-corrected chi connectivity index (χ1v) is 12.0. The van der Waals surface area contributed by atoms with Crippen LogP contribution in [-0.4, -0.2) is 22.9 Å². The first kappa shape index (κ1) is 22.0. The number of halogens is 2. The van der Waals surface area contributed by atoms with Crippen LogP contribution in [0.5, 0.6) is 0 Å². The maximum absolute atomic E-state index is 12.4. The molecular formula is C22H20Cl2N2OS2. The number of anilines is 1. The summed E-state index contributed by atoms with van der Waals surface area (Å²) in [5.74, 6) is 0.818. The minimum atomic E-state index is -0.169. The fourth-order valence-electron chi connectivity index (χ4n) is 2.82. The van der Waals surface area contributed by atoms with E-state index in [9.17, 15) is 4.79 Å². The molecule has 0 unspecified atom stereocenters. The van der Waals surface area contributed by atoms with Crippen molar-refractivity contribution in [2.45, 2.75) is 23.1 Å². The largest absolute Gasteiger partial charge is 0.326 e. The molecule has 3 rings (SSSR count). The number of hydrogen-bond donors (Lipinski definition) is 1. The molecule has 0 saturated carbocycles. The number of hydrogen-bond acceptors (Lipinski definition) is 4. The number of amides is 1. The minimum Gasteiger partial charge on any atom is -0.326 e. The van der Waals surface area contributed by atoms with E-state index in [-0.39, 0.29) is 12.3 Å². The number of carbonyl (C=O) groups is 1. The van der Waals surface area contributed by atoms with Crippen molar-refractivity contribution in [2.24, 2.45) is 0 Å². The highest BCUT2D eigenvalue weighted by atomic mass is 35.5. The SMILES string of the molecule is CCSc1ccc(CC(=O)Nc2cc(Cl)c(-c3ccc(SC)cc3)c(Cl)c2)nc1. The van der Waals surface area contributed by atoms with E-state index >= 15 is 0 Å². The zero-order valence-corrected chi connectivity index (χ0v) is 19.2. The van der Waals surface area contributed by atoms with E-state index in [0.29, 0.717) is 21.4 Å². The van der Waals surface area contributed by atoms with Crippen LogP contribution in [0.15, 0.2) is 64.5 Å². The second-order valence-corrected chi connectivity index (χ2v) is 9.22. The Hall–Kier alpha value is -1.66. The van der Waals surface area contributed by atoms with Crippen LogP contribution in [0.1, 0.15) is 12.6 Å². The van der Waals surface area contributed by atoms with Crippen molar-refractivity contribution in [1.82, 2.24) is 4.98 Å². The van der Waals surface area contributed by atoms with Crippen LogP contribution in [0.4, 0.5) is 5.69 Å². The number of nitrogens with zero attached hydrogens (tertiary/aromatic N) is 1. The van der Waals surface area contributed by atoms with E-state index in [1.165, 1.54) is 4.90 Å². The molecule has 7 heteroatoms. The van der Waals surface area contributed by atoms with Crippen LogP contribution in [0.3, 0.4) is 0 Å². The van der Waals surface area contributed by atoms with E-state index in [4.69, 9.17) is 23.2 Å². The first-order chi connectivity index (χ1) is 14.0. The monoisotopic (exact) mass is 462 g/mol. The van der Waals surface area contributed by atoms with Gasteiger partial charge in [0, 0.05) is 32.9 Å². The molecule has 1 amide bonds. The molecule has 0 saturated heterocycles. The van der Waals surface area contributed by atoms with Gasteiger partial charge in [-0.1, -0.05) is 42.3 Å². The second kappa shape index (κ2) is 10.4. The number of benzene rings is 2. The van der Waals surface area contributed by atoms with Crippen LogP contribution in [0, 0.1) is 0 Å². The van der Waals surface area contributed by atoms with Gasteiger partial charge in [-0.2, -0.15) is 0 Å². The van der Waals surface area contributed by atoms with Crippen LogP contribution in [0.25, 0.3) is 11.1 Å². The molecule has 3 nitrogen and oxygen atoms in total. The number of carbonyl (C=O) groups excluding carboxylic acids is 1. The minimum absolute atomic E-state index is 0.169. The van der Waals surface area contributed by atoms with Crippen LogP contribution < -0.4 is 5.32 Å². The summed E-state index contributed by atoms with van der Waals surface area (Å²) in [7, 11) is 0. The lowest BCUT2D eigenvalue weighted by atomic mass is 10.1. The molecule has 1 N–H and O–H groups in total. The van der Waals surface area contributed by atoms with Crippen molar-refractivity contribution in [2.75, 3.05) is 17.3 Å². The molecule has 3 aromatic rings. The Bertz CT molecular complexity index is 970. The molecule has 0 fully saturated rings. The van der Waals surface area contributed by atoms with Gasteiger partial charge in [0.25, 0.3) is 0 Å². The number of nitrogens with one attached hydrogen (secondary N) is 1. The zero-order valence-electron chi connectivity index (χ0n) is 16.0. The van der Waals surface area contributed by atoms with Crippen molar-refractivity contribution < 1.29 is 4.79 Å². The van der Waals surface area contributed by atoms with Gasteiger partial charge in [-0.15, -0.1) is 23.5 Å². The molecule has 0 bridgehead atoms. The molecule has 2 aromatic carbocycles. The molecular weight excluding hydrogens is 443 g/mol. The Balaban J connectivity index is 1.71. The highest BCUT2D eigenvalue weighted by Gasteiger charge is 2.13. The van der Waals surface area contributed by atoms with Gasteiger partial charge >= 0.3 is 0 Å². The predicted molar refractivity (Wildman–Crippen MR) is 127 cm³/mol. The lowest BCUT2D eigenvalue weighted by molar-refractivity contribution is -0.115. The molecule has 0 spiro atoms. The van der Waals surface area contributed by atoms with Gasteiger partial charge in [0.1, 0.15) is 0 Å². The summed E-state index contributed by atoms with van der Waals surface area (Å²) in [6, 6.07) is 15.3. The fourth-order valence-corrected chi connectivity index (χ4v) is 4.55. The average Bonchev–Trinajstić information content (AvgIpc) is 2.69. The summed E-state index contributed by atoms with van der Waals surface area (Å²) < 4.78 is 0. The van der Waals surface area contributed by atoms with Gasteiger partial charge in [0.05, 0.1) is 16.5 Å². The van der Waals surface area contributed by atoms with Gasteiger partial charge in [-0.3, -0.25) is 9.78 Å². The second-order valence-electron chi connectivity index (χ2n) is 6.19. The molecule has 0 radical (unpaired) electrons. The number of rotatable bonds is 7. The number of aromatic nitrogens is 1. The lowest BCUT2D eigenvalue weighted by Gasteiger charge is -2.12. The fraction of sp³-hybridized carbons (Fsp3) is 0.182. The van der Waals surface area contributed by atoms with E-state index in [0.717, 1.165) is 21.8 Å². The summed E-state index contributed by atoms with van der Waals surface area (Å²) in [5.41, 5.74) is 2.97. The molecule has 150 valence electrons. The van der Waals surface area contributed by atoms with Crippen LogP contribution in [0.2, 0.25) is 10.0 Å². The van der Waals surface area contributed by atoms with Crippen molar-refractivity contribution in [3.8, 4) is 11.1 Å². The maximum atomic E-state index is 12.4. The molecule has 1 heterocycles. The van der Waals surface area contributed by atoms with Crippen LogP contribution >= 0.6 is 46.7 Å². The zero-order chi connectivity index (χ0) is 20.8. The predicted octanol–water partition coefficient (Wildman–Crippen LogP) is 7.07.